The number of fused-ring (bicyclic) bond motifs is 1. The second-order valence-electron chi connectivity index (χ2n) is 4.12. The number of aromatic nitrogens is 1. The van der Waals surface area contributed by atoms with Gasteiger partial charge in [0, 0.05) is 24.3 Å². The quantitative estimate of drug-likeness (QED) is 0.830. The predicted molar refractivity (Wildman–Crippen MR) is 63.6 cm³/mol. The Morgan fingerprint density at radius 1 is 1.25 bits per heavy atom. The van der Waals surface area contributed by atoms with Crippen LogP contribution in [-0.2, 0) is 0 Å². The maximum Gasteiger partial charge on any atom is 0.120 e. The Bertz CT molecular complexity index is 492. The van der Waals surface area contributed by atoms with Gasteiger partial charge in [0.1, 0.15) is 11.9 Å². The van der Waals surface area contributed by atoms with Gasteiger partial charge in [-0.2, -0.15) is 0 Å². The number of nitrogens with zero attached hydrogens (tertiary/aromatic N) is 1. The number of pyridine rings is 1. The van der Waals surface area contributed by atoms with E-state index in [9.17, 15) is 0 Å². The van der Waals surface area contributed by atoms with E-state index in [0.29, 0.717) is 6.10 Å². The van der Waals surface area contributed by atoms with Gasteiger partial charge in [-0.25, -0.2) is 0 Å². The normalized spacial score (nSPS) is 20.1. The fourth-order valence-corrected chi connectivity index (χ4v) is 2.06. The maximum absolute atomic E-state index is 5.90. The van der Waals surface area contributed by atoms with E-state index in [1.165, 1.54) is 5.39 Å². The molecule has 3 nitrogen and oxygen atoms in total. The Labute approximate surface area is 94.5 Å². The molecule has 1 aliphatic heterocycles. The smallest absolute Gasteiger partial charge is 0.120 e. The molecule has 1 atom stereocenters. The first-order chi connectivity index (χ1) is 7.92. The molecule has 1 aromatic heterocycles. The van der Waals surface area contributed by atoms with Crippen molar-refractivity contribution in [3.63, 3.8) is 0 Å². The van der Waals surface area contributed by atoms with Crippen LogP contribution in [0.25, 0.3) is 10.8 Å². The Morgan fingerprint density at radius 2 is 2.25 bits per heavy atom. The molecular formula is C13H14N2O. The zero-order valence-electron chi connectivity index (χ0n) is 9.02. The standard InChI is InChI=1S/C13H14N2O/c1-2-12(16-13-4-6-15-9-13)7-10-3-5-14-8-11(1)10/h1-3,5,7-8,13,15H,4,6,9H2. The van der Waals surface area contributed by atoms with Crippen molar-refractivity contribution in [3.8, 4) is 5.75 Å². The first-order valence-electron chi connectivity index (χ1n) is 5.63. The van der Waals surface area contributed by atoms with E-state index in [1.54, 1.807) is 0 Å². The van der Waals surface area contributed by atoms with Crippen molar-refractivity contribution in [2.75, 3.05) is 13.1 Å². The van der Waals surface area contributed by atoms with Gasteiger partial charge in [-0.05, 0) is 42.6 Å². The van der Waals surface area contributed by atoms with Crippen LogP contribution < -0.4 is 10.1 Å². The summed E-state index contributed by atoms with van der Waals surface area (Å²) in [5.41, 5.74) is 0. The van der Waals surface area contributed by atoms with Crippen molar-refractivity contribution in [1.29, 1.82) is 0 Å². The lowest BCUT2D eigenvalue weighted by molar-refractivity contribution is 0.223. The number of hydrogen-bond acceptors (Lipinski definition) is 3. The van der Waals surface area contributed by atoms with E-state index in [1.807, 2.05) is 24.5 Å². The average Bonchev–Trinajstić information content (AvgIpc) is 2.82. The lowest BCUT2D eigenvalue weighted by Crippen LogP contribution is -2.19. The summed E-state index contributed by atoms with van der Waals surface area (Å²) < 4.78 is 5.90. The van der Waals surface area contributed by atoms with Crippen LogP contribution in [0.15, 0.2) is 36.7 Å². The van der Waals surface area contributed by atoms with Crippen molar-refractivity contribution in [2.24, 2.45) is 0 Å². The van der Waals surface area contributed by atoms with E-state index < -0.39 is 0 Å². The topological polar surface area (TPSA) is 34.1 Å². The molecule has 3 rings (SSSR count). The molecule has 0 aliphatic carbocycles. The molecule has 82 valence electrons. The zero-order valence-corrected chi connectivity index (χ0v) is 9.02. The van der Waals surface area contributed by atoms with Crippen LogP contribution in [0.4, 0.5) is 0 Å². The summed E-state index contributed by atoms with van der Waals surface area (Å²) in [6.45, 7) is 2.01. The number of ether oxygens (including phenoxy) is 1. The van der Waals surface area contributed by atoms with Gasteiger partial charge in [-0.15, -0.1) is 0 Å². The highest BCUT2D eigenvalue weighted by Crippen LogP contribution is 2.21. The molecule has 1 N–H and O–H groups in total. The van der Waals surface area contributed by atoms with Crippen molar-refractivity contribution in [3.05, 3.63) is 36.7 Å². The fraction of sp³-hybridized carbons (Fsp3) is 0.308. The Kier molecular flexibility index (Phi) is 2.46. The van der Waals surface area contributed by atoms with E-state index >= 15 is 0 Å². The third kappa shape index (κ3) is 1.86. The highest BCUT2D eigenvalue weighted by molar-refractivity contribution is 5.82. The van der Waals surface area contributed by atoms with Gasteiger partial charge in [0.25, 0.3) is 0 Å². The summed E-state index contributed by atoms with van der Waals surface area (Å²) in [5, 5.41) is 5.63. The fourth-order valence-electron chi connectivity index (χ4n) is 2.06. The van der Waals surface area contributed by atoms with Crippen molar-refractivity contribution < 1.29 is 4.74 Å². The van der Waals surface area contributed by atoms with Crippen LogP contribution in [0, 0.1) is 0 Å². The van der Waals surface area contributed by atoms with E-state index in [2.05, 4.69) is 22.4 Å². The minimum Gasteiger partial charge on any atom is -0.489 e. The summed E-state index contributed by atoms with van der Waals surface area (Å²) in [7, 11) is 0. The van der Waals surface area contributed by atoms with Gasteiger partial charge in [0.2, 0.25) is 0 Å². The van der Waals surface area contributed by atoms with Crippen LogP contribution in [0.2, 0.25) is 0 Å². The van der Waals surface area contributed by atoms with Gasteiger partial charge in [-0.3, -0.25) is 4.98 Å². The molecule has 3 heteroatoms. The summed E-state index contributed by atoms with van der Waals surface area (Å²) in [4.78, 5) is 4.10. The highest BCUT2D eigenvalue weighted by Gasteiger charge is 2.15. The van der Waals surface area contributed by atoms with Crippen LogP contribution in [0.5, 0.6) is 5.75 Å². The molecule has 1 aromatic carbocycles. The van der Waals surface area contributed by atoms with Crippen molar-refractivity contribution in [2.45, 2.75) is 12.5 Å². The van der Waals surface area contributed by atoms with Gasteiger partial charge in [0.05, 0.1) is 0 Å². The average molecular weight is 214 g/mol. The first kappa shape index (κ1) is 9.60. The minimum atomic E-state index is 0.319. The molecule has 1 fully saturated rings. The molecule has 1 saturated heterocycles. The van der Waals surface area contributed by atoms with Crippen LogP contribution >= 0.6 is 0 Å². The molecule has 0 radical (unpaired) electrons. The van der Waals surface area contributed by atoms with Gasteiger partial charge < -0.3 is 10.1 Å². The van der Waals surface area contributed by atoms with E-state index in [0.717, 1.165) is 30.6 Å². The van der Waals surface area contributed by atoms with Gasteiger partial charge in [-0.1, -0.05) is 0 Å². The van der Waals surface area contributed by atoms with Crippen molar-refractivity contribution in [1.82, 2.24) is 10.3 Å². The van der Waals surface area contributed by atoms with Crippen molar-refractivity contribution >= 4 is 10.8 Å². The largest absolute Gasteiger partial charge is 0.489 e. The van der Waals surface area contributed by atoms with Gasteiger partial charge >= 0.3 is 0 Å². The number of hydrogen-bond donors (Lipinski definition) is 1. The molecule has 2 aromatic rings. The number of benzene rings is 1. The zero-order chi connectivity index (χ0) is 10.8. The third-order valence-corrected chi connectivity index (χ3v) is 2.93. The first-order valence-corrected chi connectivity index (χ1v) is 5.63. The molecule has 0 amide bonds. The summed E-state index contributed by atoms with van der Waals surface area (Å²) >= 11 is 0. The maximum atomic E-state index is 5.90. The molecular weight excluding hydrogens is 200 g/mol. The lowest BCUT2D eigenvalue weighted by Gasteiger charge is -2.12. The Balaban J connectivity index is 1.86. The monoisotopic (exact) mass is 214 g/mol. The van der Waals surface area contributed by atoms with E-state index in [-0.39, 0.29) is 0 Å². The van der Waals surface area contributed by atoms with Crippen LogP contribution in [0.3, 0.4) is 0 Å². The van der Waals surface area contributed by atoms with Crippen LogP contribution in [-0.4, -0.2) is 24.2 Å². The van der Waals surface area contributed by atoms with Crippen LogP contribution in [0.1, 0.15) is 6.42 Å². The molecule has 0 spiro atoms. The highest BCUT2D eigenvalue weighted by atomic mass is 16.5. The summed E-state index contributed by atoms with van der Waals surface area (Å²) in [6, 6.07) is 8.16. The molecule has 1 unspecified atom stereocenters. The number of rotatable bonds is 2. The Morgan fingerprint density at radius 3 is 3.12 bits per heavy atom. The predicted octanol–water partition coefficient (Wildman–Crippen LogP) is 1.98. The van der Waals surface area contributed by atoms with E-state index in [4.69, 9.17) is 4.74 Å². The SMILES string of the molecule is c1cc2cc(OC3CCNC3)ccc2cn1. The molecule has 0 saturated carbocycles. The number of nitrogens with one attached hydrogen (secondary N) is 1. The second-order valence-corrected chi connectivity index (χ2v) is 4.12. The summed E-state index contributed by atoms with van der Waals surface area (Å²) in [5.74, 6) is 0.951. The molecule has 16 heavy (non-hydrogen) atoms. The molecule has 1 aliphatic rings. The van der Waals surface area contributed by atoms with Gasteiger partial charge in [0.15, 0.2) is 0 Å². The minimum absolute atomic E-state index is 0.319. The summed E-state index contributed by atoms with van der Waals surface area (Å²) in [6.07, 6.45) is 5.09. The lowest BCUT2D eigenvalue weighted by atomic mass is 10.2. The molecule has 0 bridgehead atoms. The Hall–Kier alpha value is -1.61. The molecule has 2 heterocycles. The third-order valence-electron chi connectivity index (χ3n) is 2.93. The second kappa shape index (κ2) is 4.10.